The highest BCUT2D eigenvalue weighted by Gasteiger charge is 2.39. The van der Waals surface area contributed by atoms with Gasteiger partial charge in [0.1, 0.15) is 9.84 Å². The van der Waals surface area contributed by atoms with Gasteiger partial charge in [0.2, 0.25) is 11.8 Å². The van der Waals surface area contributed by atoms with E-state index in [9.17, 15) is 18.0 Å². The molecule has 2 aliphatic heterocycles. The fourth-order valence-electron chi connectivity index (χ4n) is 3.78. The van der Waals surface area contributed by atoms with E-state index in [2.05, 4.69) is 0 Å². The summed E-state index contributed by atoms with van der Waals surface area (Å²) < 4.78 is 23.3. The Kier molecular flexibility index (Phi) is 5.10. The third-order valence-electron chi connectivity index (χ3n) is 5.64. The van der Waals surface area contributed by atoms with Crippen LogP contribution in [0.15, 0.2) is 18.2 Å². The Bertz CT molecular complexity index is 826. The highest BCUT2D eigenvalue weighted by Crippen LogP contribution is 2.29. The van der Waals surface area contributed by atoms with Crippen LogP contribution in [-0.2, 0) is 19.4 Å². The third-order valence-corrected chi connectivity index (χ3v) is 7.32. The molecule has 0 spiro atoms. The third kappa shape index (κ3) is 3.77. The van der Waals surface area contributed by atoms with Crippen LogP contribution in [0.5, 0.6) is 0 Å². The summed E-state index contributed by atoms with van der Waals surface area (Å²) in [5.41, 5.74) is 3.12. The molecule has 7 heteroatoms. The monoisotopic (exact) mass is 378 g/mol. The molecular weight excluding hydrogens is 352 g/mol. The summed E-state index contributed by atoms with van der Waals surface area (Å²) in [6.45, 7) is 5.33. The molecule has 3 rings (SSSR count). The highest BCUT2D eigenvalue weighted by molar-refractivity contribution is 7.91. The first-order valence-corrected chi connectivity index (χ1v) is 11.0. The number of hydrogen-bond acceptors (Lipinski definition) is 4. The SMILES string of the molecule is Cc1ccc(N2C[C@@H](C(=O)N3CCC(S(C)(=O)=O)CC3)CC2=O)cc1C. The number of aryl methyl sites for hydroxylation is 2. The quantitative estimate of drug-likeness (QED) is 0.802. The molecule has 1 atom stereocenters. The van der Waals surface area contributed by atoms with Crippen LogP contribution in [0.25, 0.3) is 0 Å². The fraction of sp³-hybridized carbons (Fsp3) is 0.579. The second-order valence-electron chi connectivity index (χ2n) is 7.53. The van der Waals surface area contributed by atoms with Gasteiger partial charge < -0.3 is 9.80 Å². The molecule has 0 radical (unpaired) electrons. The number of hydrogen-bond donors (Lipinski definition) is 0. The van der Waals surface area contributed by atoms with Gasteiger partial charge in [-0.25, -0.2) is 8.42 Å². The summed E-state index contributed by atoms with van der Waals surface area (Å²) in [5.74, 6) is -0.409. The molecule has 0 saturated carbocycles. The van der Waals surface area contributed by atoms with Crippen molar-refractivity contribution in [3.8, 4) is 0 Å². The summed E-state index contributed by atoms with van der Waals surface area (Å²) in [6, 6.07) is 5.89. The predicted octanol–water partition coefficient (Wildman–Crippen LogP) is 1.69. The minimum Gasteiger partial charge on any atom is -0.342 e. The van der Waals surface area contributed by atoms with Crippen LogP contribution in [0.2, 0.25) is 0 Å². The van der Waals surface area contributed by atoms with Crippen LogP contribution in [-0.4, -0.2) is 56.3 Å². The second-order valence-corrected chi connectivity index (χ2v) is 9.85. The lowest BCUT2D eigenvalue weighted by Crippen LogP contribution is -2.45. The van der Waals surface area contributed by atoms with E-state index >= 15 is 0 Å². The number of piperidine rings is 1. The number of carbonyl (C=O) groups excluding carboxylic acids is 2. The van der Waals surface area contributed by atoms with E-state index < -0.39 is 9.84 Å². The number of sulfone groups is 1. The first-order valence-electron chi connectivity index (χ1n) is 9.02. The Labute approximate surface area is 155 Å². The summed E-state index contributed by atoms with van der Waals surface area (Å²) in [5, 5.41) is -0.358. The van der Waals surface area contributed by atoms with Crippen molar-refractivity contribution in [1.82, 2.24) is 4.90 Å². The molecule has 2 fully saturated rings. The van der Waals surface area contributed by atoms with Crippen molar-refractivity contribution in [2.24, 2.45) is 5.92 Å². The number of amides is 2. The molecule has 0 aliphatic carbocycles. The lowest BCUT2D eigenvalue weighted by atomic mass is 10.0. The topological polar surface area (TPSA) is 74.8 Å². The van der Waals surface area contributed by atoms with Gasteiger partial charge in [0.15, 0.2) is 0 Å². The first-order chi connectivity index (χ1) is 12.2. The lowest BCUT2D eigenvalue weighted by molar-refractivity contribution is -0.136. The average molecular weight is 378 g/mol. The van der Waals surface area contributed by atoms with E-state index in [1.807, 2.05) is 32.0 Å². The van der Waals surface area contributed by atoms with E-state index in [4.69, 9.17) is 0 Å². The van der Waals surface area contributed by atoms with Crippen LogP contribution in [0.1, 0.15) is 30.4 Å². The van der Waals surface area contributed by atoms with E-state index in [1.165, 1.54) is 11.8 Å². The van der Waals surface area contributed by atoms with Gasteiger partial charge in [-0.2, -0.15) is 0 Å². The largest absolute Gasteiger partial charge is 0.342 e. The zero-order valence-electron chi connectivity index (χ0n) is 15.6. The molecular formula is C19H26N2O4S. The highest BCUT2D eigenvalue weighted by atomic mass is 32.2. The molecule has 0 N–H and O–H groups in total. The zero-order chi connectivity index (χ0) is 19.1. The molecule has 1 aromatic carbocycles. The van der Waals surface area contributed by atoms with E-state index in [0.717, 1.165) is 11.3 Å². The van der Waals surface area contributed by atoms with Crippen molar-refractivity contribution in [3.05, 3.63) is 29.3 Å². The number of anilines is 1. The molecule has 6 nitrogen and oxygen atoms in total. The van der Waals surface area contributed by atoms with Crippen LogP contribution < -0.4 is 4.90 Å². The maximum atomic E-state index is 12.8. The minimum absolute atomic E-state index is 0.0300. The Balaban J connectivity index is 1.65. The Morgan fingerprint density at radius 2 is 1.77 bits per heavy atom. The maximum absolute atomic E-state index is 12.8. The van der Waals surface area contributed by atoms with Crippen molar-refractivity contribution < 1.29 is 18.0 Å². The van der Waals surface area contributed by atoms with Crippen LogP contribution in [0, 0.1) is 19.8 Å². The first kappa shape index (κ1) is 18.9. The summed E-state index contributed by atoms with van der Waals surface area (Å²) >= 11 is 0. The Morgan fingerprint density at radius 3 is 2.35 bits per heavy atom. The van der Waals surface area contributed by atoms with Gasteiger partial charge >= 0.3 is 0 Å². The van der Waals surface area contributed by atoms with Gasteiger partial charge in [0.25, 0.3) is 0 Å². The van der Waals surface area contributed by atoms with Crippen LogP contribution >= 0.6 is 0 Å². The van der Waals surface area contributed by atoms with Crippen molar-refractivity contribution in [3.63, 3.8) is 0 Å². The van der Waals surface area contributed by atoms with Crippen LogP contribution in [0.4, 0.5) is 5.69 Å². The Morgan fingerprint density at radius 1 is 1.12 bits per heavy atom. The van der Waals surface area contributed by atoms with Gasteiger partial charge in [0.05, 0.1) is 11.2 Å². The molecule has 1 aromatic rings. The molecule has 2 saturated heterocycles. The lowest BCUT2D eigenvalue weighted by Gasteiger charge is -2.32. The van der Waals surface area contributed by atoms with Crippen molar-refractivity contribution >= 4 is 27.3 Å². The van der Waals surface area contributed by atoms with Crippen molar-refractivity contribution in [2.45, 2.75) is 38.4 Å². The number of carbonyl (C=O) groups is 2. The molecule has 26 heavy (non-hydrogen) atoms. The second kappa shape index (κ2) is 7.02. The molecule has 2 aliphatic rings. The fourth-order valence-corrected chi connectivity index (χ4v) is 4.85. The van der Waals surface area contributed by atoms with Crippen molar-refractivity contribution in [1.29, 1.82) is 0 Å². The van der Waals surface area contributed by atoms with Gasteiger partial charge in [-0.1, -0.05) is 6.07 Å². The predicted molar refractivity (Wildman–Crippen MR) is 101 cm³/mol. The van der Waals surface area contributed by atoms with Crippen LogP contribution in [0.3, 0.4) is 0 Å². The smallest absolute Gasteiger partial charge is 0.228 e. The molecule has 142 valence electrons. The summed E-state index contributed by atoms with van der Waals surface area (Å²) in [6.07, 6.45) is 2.43. The maximum Gasteiger partial charge on any atom is 0.228 e. The molecule has 2 amide bonds. The summed E-state index contributed by atoms with van der Waals surface area (Å²) in [4.78, 5) is 28.6. The number of nitrogens with zero attached hydrogens (tertiary/aromatic N) is 2. The number of rotatable bonds is 3. The Hall–Kier alpha value is -1.89. The van der Waals surface area contributed by atoms with Gasteiger partial charge in [-0.15, -0.1) is 0 Å². The zero-order valence-corrected chi connectivity index (χ0v) is 16.4. The van der Waals surface area contributed by atoms with E-state index in [1.54, 1.807) is 9.80 Å². The van der Waals surface area contributed by atoms with Gasteiger partial charge in [0, 0.05) is 38.0 Å². The number of benzene rings is 1. The number of likely N-dealkylation sites (tertiary alicyclic amines) is 1. The standard InChI is InChI=1S/C19H26N2O4S/c1-13-4-5-16(10-14(13)2)21-12-15(11-18(21)22)19(23)20-8-6-17(7-9-20)26(3,24)25/h4-5,10,15,17H,6-9,11-12H2,1-3H3/t15-/m0/s1. The van der Waals surface area contributed by atoms with E-state index in [0.29, 0.717) is 32.5 Å². The molecule has 0 unspecified atom stereocenters. The molecule has 2 heterocycles. The van der Waals surface area contributed by atoms with Gasteiger partial charge in [-0.3, -0.25) is 9.59 Å². The molecule has 0 aromatic heterocycles. The minimum atomic E-state index is -3.06. The normalized spacial score (nSPS) is 22.1. The van der Waals surface area contributed by atoms with Crippen molar-refractivity contribution in [2.75, 3.05) is 30.8 Å². The summed E-state index contributed by atoms with van der Waals surface area (Å²) in [7, 11) is -3.06. The molecule has 0 bridgehead atoms. The van der Waals surface area contributed by atoms with E-state index in [-0.39, 0.29) is 29.4 Å². The average Bonchev–Trinajstić information content (AvgIpc) is 2.98. The van der Waals surface area contributed by atoms with Gasteiger partial charge in [-0.05, 0) is 49.9 Å².